The normalized spacial score (nSPS) is 15.4. The zero-order chi connectivity index (χ0) is 14.4. The lowest BCUT2D eigenvalue weighted by molar-refractivity contribution is 0.573. The number of hydrogen-bond acceptors (Lipinski definition) is 3. The van der Waals surface area contributed by atoms with E-state index in [0.29, 0.717) is 19.0 Å². The SMILES string of the molecule is Cc1ccc(CNS(=O)(=O)CCCCNC2CC2)cc1. The zero-order valence-corrected chi connectivity index (χ0v) is 12.9. The molecular weight excluding hydrogens is 272 g/mol. The molecule has 0 amide bonds. The van der Waals surface area contributed by atoms with Crippen LogP contribution in [0, 0.1) is 6.92 Å². The summed E-state index contributed by atoms with van der Waals surface area (Å²) in [5.41, 5.74) is 2.18. The lowest BCUT2D eigenvalue weighted by Crippen LogP contribution is -2.26. The van der Waals surface area contributed by atoms with E-state index in [2.05, 4.69) is 10.0 Å². The van der Waals surface area contributed by atoms with E-state index in [1.165, 1.54) is 18.4 Å². The summed E-state index contributed by atoms with van der Waals surface area (Å²) in [4.78, 5) is 0. The molecule has 4 nitrogen and oxygen atoms in total. The summed E-state index contributed by atoms with van der Waals surface area (Å²) < 4.78 is 26.4. The van der Waals surface area contributed by atoms with Crippen LogP contribution < -0.4 is 10.0 Å². The van der Waals surface area contributed by atoms with Crippen molar-refractivity contribution >= 4 is 10.0 Å². The zero-order valence-electron chi connectivity index (χ0n) is 12.1. The Kier molecular flexibility index (Phi) is 5.57. The quantitative estimate of drug-likeness (QED) is 0.685. The van der Waals surface area contributed by atoms with Crippen LogP contribution in [0.5, 0.6) is 0 Å². The van der Waals surface area contributed by atoms with Crippen molar-refractivity contribution in [1.29, 1.82) is 0 Å². The van der Waals surface area contributed by atoms with Gasteiger partial charge in [-0.3, -0.25) is 0 Å². The highest BCUT2D eigenvalue weighted by Gasteiger charge is 2.19. The molecule has 0 heterocycles. The summed E-state index contributed by atoms with van der Waals surface area (Å²) in [7, 11) is -3.15. The molecule has 0 saturated heterocycles. The van der Waals surface area contributed by atoms with E-state index in [0.717, 1.165) is 18.5 Å². The monoisotopic (exact) mass is 296 g/mol. The molecular formula is C15H24N2O2S. The lowest BCUT2D eigenvalue weighted by Gasteiger charge is -2.07. The van der Waals surface area contributed by atoms with Gasteiger partial charge in [0.1, 0.15) is 0 Å². The summed E-state index contributed by atoms with van der Waals surface area (Å²) in [6.07, 6.45) is 4.18. The Morgan fingerprint density at radius 2 is 1.85 bits per heavy atom. The first-order valence-corrected chi connectivity index (χ1v) is 8.97. The molecule has 0 aliphatic heterocycles. The van der Waals surface area contributed by atoms with Gasteiger partial charge in [0.2, 0.25) is 10.0 Å². The minimum atomic E-state index is -3.15. The van der Waals surface area contributed by atoms with Gasteiger partial charge in [-0.2, -0.15) is 0 Å². The fourth-order valence-electron chi connectivity index (χ4n) is 1.98. The molecule has 1 aliphatic rings. The molecule has 1 aliphatic carbocycles. The maximum Gasteiger partial charge on any atom is 0.211 e. The topological polar surface area (TPSA) is 58.2 Å². The third-order valence-corrected chi connectivity index (χ3v) is 4.88. The van der Waals surface area contributed by atoms with Crippen molar-refractivity contribution in [1.82, 2.24) is 10.0 Å². The molecule has 0 unspecified atom stereocenters. The van der Waals surface area contributed by atoms with Gasteiger partial charge in [0.05, 0.1) is 5.75 Å². The standard InChI is InChI=1S/C15H24N2O2S/c1-13-4-6-14(7-5-13)12-17-20(18,19)11-3-2-10-16-15-8-9-15/h4-7,15-17H,2-3,8-12H2,1H3. The molecule has 1 aromatic rings. The first-order chi connectivity index (χ1) is 9.55. The van der Waals surface area contributed by atoms with Crippen molar-refractivity contribution < 1.29 is 8.42 Å². The smallest absolute Gasteiger partial charge is 0.211 e. The van der Waals surface area contributed by atoms with Crippen molar-refractivity contribution in [2.75, 3.05) is 12.3 Å². The Labute approximate surface area is 122 Å². The maximum atomic E-state index is 11.8. The van der Waals surface area contributed by atoms with E-state index in [4.69, 9.17) is 0 Å². The predicted octanol–water partition coefficient (Wildman–Crippen LogP) is 1.95. The van der Waals surface area contributed by atoms with Gasteiger partial charge in [0.15, 0.2) is 0 Å². The Morgan fingerprint density at radius 3 is 2.50 bits per heavy atom. The van der Waals surface area contributed by atoms with Gasteiger partial charge in [-0.05, 0) is 44.7 Å². The number of benzene rings is 1. The predicted molar refractivity (Wildman–Crippen MR) is 82.1 cm³/mol. The molecule has 0 atom stereocenters. The van der Waals surface area contributed by atoms with Crippen LogP contribution in [0.4, 0.5) is 0 Å². The highest BCUT2D eigenvalue weighted by molar-refractivity contribution is 7.89. The second-order valence-electron chi connectivity index (χ2n) is 5.56. The minimum Gasteiger partial charge on any atom is -0.314 e. The van der Waals surface area contributed by atoms with Crippen LogP contribution in [0.25, 0.3) is 0 Å². The van der Waals surface area contributed by atoms with E-state index < -0.39 is 10.0 Å². The number of unbranched alkanes of at least 4 members (excludes halogenated alkanes) is 1. The van der Waals surface area contributed by atoms with Crippen LogP contribution >= 0.6 is 0 Å². The van der Waals surface area contributed by atoms with E-state index >= 15 is 0 Å². The van der Waals surface area contributed by atoms with Crippen LogP contribution in [0.2, 0.25) is 0 Å². The Hall–Kier alpha value is -0.910. The Bertz CT molecular complexity index is 507. The molecule has 1 saturated carbocycles. The van der Waals surface area contributed by atoms with Gasteiger partial charge in [0.25, 0.3) is 0 Å². The summed E-state index contributed by atoms with van der Waals surface area (Å²) in [5, 5.41) is 3.39. The van der Waals surface area contributed by atoms with Gasteiger partial charge >= 0.3 is 0 Å². The van der Waals surface area contributed by atoms with Crippen LogP contribution in [-0.4, -0.2) is 26.8 Å². The van der Waals surface area contributed by atoms with Gasteiger partial charge < -0.3 is 5.32 Å². The molecule has 0 radical (unpaired) electrons. The Morgan fingerprint density at radius 1 is 1.15 bits per heavy atom. The first-order valence-electron chi connectivity index (χ1n) is 7.31. The molecule has 0 aromatic heterocycles. The number of hydrogen-bond donors (Lipinski definition) is 2. The van der Waals surface area contributed by atoms with Crippen molar-refractivity contribution in [3.63, 3.8) is 0 Å². The lowest BCUT2D eigenvalue weighted by atomic mass is 10.2. The second kappa shape index (κ2) is 7.20. The number of rotatable bonds is 9. The van der Waals surface area contributed by atoms with Gasteiger partial charge in [0, 0.05) is 12.6 Å². The fourth-order valence-corrected chi connectivity index (χ4v) is 3.10. The van der Waals surface area contributed by atoms with Crippen molar-refractivity contribution in [3.8, 4) is 0 Å². The van der Waals surface area contributed by atoms with Crippen molar-refractivity contribution in [3.05, 3.63) is 35.4 Å². The molecule has 2 rings (SSSR count). The summed E-state index contributed by atoms with van der Waals surface area (Å²) in [5.74, 6) is 0.214. The van der Waals surface area contributed by atoms with Crippen molar-refractivity contribution in [2.45, 2.75) is 45.2 Å². The molecule has 1 fully saturated rings. The third-order valence-electron chi connectivity index (χ3n) is 3.47. The van der Waals surface area contributed by atoms with Gasteiger partial charge in [-0.1, -0.05) is 29.8 Å². The molecule has 2 N–H and O–H groups in total. The maximum absolute atomic E-state index is 11.8. The van der Waals surface area contributed by atoms with E-state index in [1.54, 1.807) is 0 Å². The summed E-state index contributed by atoms with van der Waals surface area (Å²) in [6, 6.07) is 8.60. The Balaban J connectivity index is 1.63. The van der Waals surface area contributed by atoms with Crippen LogP contribution in [0.15, 0.2) is 24.3 Å². The fraction of sp³-hybridized carbons (Fsp3) is 0.600. The highest BCUT2D eigenvalue weighted by Crippen LogP contribution is 2.18. The summed E-state index contributed by atoms with van der Waals surface area (Å²) >= 11 is 0. The van der Waals surface area contributed by atoms with E-state index in [-0.39, 0.29) is 5.75 Å². The molecule has 5 heteroatoms. The van der Waals surface area contributed by atoms with Crippen LogP contribution in [-0.2, 0) is 16.6 Å². The average Bonchev–Trinajstić information content (AvgIpc) is 3.22. The van der Waals surface area contributed by atoms with Crippen LogP contribution in [0.1, 0.15) is 36.8 Å². The van der Waals surface area contributed by atoms with Gasteiger partial charge in [-0.15, -0.1) is 0 Å². The summed E-state index contributed by atoms with van der Waals surface area (Å²) in [6.45, 7) is 3.32. The minimum absolute atomic E-state index is 0.214. The molecule has 0 bridgehead atoms. The van der Waals surface area contributed by atoms with E-state index in [1.807, 2.05) is 31.2 Å². The first kappa shape index (κ1) is 15.5. The molecule has 0 spiro atoms. The van der Waals surface area contributed by atoms with Crippen LogP contribution in [0.3, 0.4) is 0 Å². The molecule has 112 valence electrons. The second-order valence-corrected chi connectivity index (χ2v) is 7.49. The average molecular weight is 296 g/mol. The molecule has 20 heavy (non-hydrogen) atoms. The van der Waals surface area contributed by atoms with Gasteiger partial charge in [-0.25, -0.2) is 13.1 Å². The number of aryl methyl sites for hydroxylation is 1. The molecule has 1 aromatic carbocycles. The number of nitrogens with one attached hydrogen (secondary N) is 2. The third kappa shape index (κ3) is 6.03. The highest BCUT2D eigenvalue weighted by atomic mass is 32.2. The van der Waals surface area contributed by atoms with Crippen molar-refractivity contribution in [2.24, 2.45) is 0 Å². The largest absolute Gasteiger partial charge is 0.314 e. The van der Waals surface area contributed by atoms with E-state index in [9.17, 15) is 8.42 Å². The number of sulfonamides is 1.